The number of rotatable bonds is 5. The van der Waals surface area contributed by atoms with Gasteiger partial charge in [-0.3, -0.25) is 9.59 Å². The van der Waals surface area contributed by atoms with Crippen LogP contribution in [0.1, 0.15) is 10.4 Å². The summed E-state index contributed by atoms with van der Waals surface area (Å²) in [5.74, 6) is -0.629. The number of hydrogen-bond acceptors (Lipinski definition) is 5. The van der Waals surface area contributed by atoms with E-state index >= 15 is 0 Å². The van der Waals surface area contributed by atoms with Crippen molar-refractivity contribution < 1.29 is 9.18 Å². The molecule has 0 fully saturated rings. The fraction of sp³-hybridized carbons (Fsp3) is 0.105. The quantitative estimate of drug-likeness (QED) is 0.493. The van der Waals surface area contributed by atoms with Crippen LogP contribution in [0, 0.1) is 5.82 Å². The number of anilines is 1. The molecule has 0 atom stereocenters. The van der Waals surface area contributed by atoms with E-state index in [4.69, 9.17) is 0 Å². The molecule has 0 unspecified atom stereocenters. The monoisotopic (exact) mass is 401 g/mol. The first-order valence-electron chi connectivity index (χ1n) is 7.91. The highest BCUT2D eigenvalue weighted by Crippen LogP contribution is 2.22. The highest BCUT2D eigenvalue weighted by molar-refractivity contribution is 7.98. The van der Waals surface area contributed by atoms with E-state index in [0.717, 1.165) is 4.90 Å². The summed E-state index contributed by atoms with van der Waals surface area (Å²) in [4.78, 5) is 33.2. The SMILES string of the molecule is CSc1ccc(NC(=O)c2c(SC)nc(-c3ccc(F)cc3)[nH]c2=O)cc1. The third-order valence-corrected chi connectivity index (χ3v) is 5.20. The molecule has 2 N–H and O–H groups in total. The minimum Gasteiger partial charge on any atom is -0.322 e. The maximum absolute atomic E-state index is 13.1. The average molecular weight is 401 g/mol. The van der Waals surface area contributed by atoms with E-state index < -0.39 is 11.5 Å². The lowest BCUT2D eigenvalue weighted by molar-refractivity contribution is 0.102. The van der Waals surface area contributed by atoms with Crippen molar-refractivity contribution in [3.8, 4) is 11.4 Å². The summed E-state index contributed by atoms with van der Waals surface area (Å²) in [6, 6.07) is 12.9. The van der Waals surface area contributed by atoms with Gasteiger partial charge in [0, 0.05) is 16.1 Å². The number of thioether (sulfide) groups is 2. The molecule has 0 aliphatic carbocycles. The van der Waals surface area contributed by atoms with Crippen molar-refractivity contribution in [1.29, 1.82) is 0 Å². The normalized spacial score (nSPS) is 10.6. The number of benzene rings is 2. The second kappa shape index (κ2) is 8.41. The van der Waals surface area contributed by atoms with Crippen molar-refractivity contribution in [3.05, 3.63) is 70.3 Å². The second-order valence-corrected chi connectivity index (χ2v) is 7.16. The lowest BCUT2D eigenvalue weighted by Crippen LogP contribution is -2.26. The Kier molecular flexibility index (Phi) is 5.98. The molecule has 1 amide bonds. The van der Waals surface area contributed by atoms with Gasteiger partial charge < -0.3 is 10.3 Å². The van der Waals surface area contributed by atoms with Crippen LogP contribution in [-0.4, -0.2) is 28.4 Å². The molecule has 0 aliphatic heterocycles. The molecule has 0 saturated carbocycles. The van der Waals surface area contributed by atoms with Crippen LogP contribution in [-0.2, 0) is 0 Å². The van der Waals surface area contributed by atoms with Gasteiger partial charge in [0.1, 0.15) is 22.2 Å². The number of carbonyl (C=O) groups is 1. The molecule has 8 heteroatoms. The van der Waals surface area contributed by atoms with Crippen LogP contribution in [0.3, 0.4) is 0 Å². The molecule has 2 aromatic carbocycles. The first kappa shape index (κ1) is 19.2. The summed E-state index contributed by atoms with van der Waals surface area (Å²) in [7, 11) is 0. The zero-order valence-corrected chi connectivity index (χ0v) is 16.2. The number of aromatic nitrogens is 2. The fourth-order valence-electron chi connectivity index (χ4n) is 2.41. The largest absolute Gasteiger partial charge is 0.322 e. The maximum Gasteiger partial charge on any atom is 0.265 e. The van der Waals surface area contributed by atoms with E-state index in [1.54, 1.807) is 30.2 Å². The Bertz CT molecular complexity index is 1020. The third kappa shape index (κ3) is 4.40. The van der Waals surface area contributed by atoms with Crippen LogP contribution in [0.4, 0.5) is 10.1 Å². The third-order valence-electron chi connectivity index (χ3n) is 3.77. The summed E-state index contributed by atoms with van der Waals surface area (Å²) in [5, 5.41) is 3.02. The van der Waals surface area contributed by atoms with Crippen molar-refractivity contribution in [2.24, 2.45) is 0 Å². The molecule has 3 rings (SSSR count). The molecular weight excluding hydrogens is 385 g/mol. The van der Waals surface area contributed by atoms with E-state index in [9.17, 15) is 14.0 Å². The van der Waals surface area contributed by atoms with E-state index in [1.165, 1.54) is 36.0 Å². The maximum atomic E-state index is 13.1. The standard InChI is InChI=1S/C19H16FN3O2S2/c1-26-14-9-7-13(8-10-14)21-17(24)15-18(25)22-16(23-19(15)27-2)11-3-5-12(20)6-4-11/h3-10H,1-2H3,(H,21,24)(H,22,23,25). The average Bonchev–Trinajstić information content (AvgIpc) is 2.68. The Morgan fingerprint density at radius 1 is 1.04 bits per heavy atom. The number of carbonyl (C=O) groups excluding carboxylic acids is 1. The summed E-state index contributed by atoms with van der Waals surface area (Å²) in [6.45, 7) is 0. The number of nitrogens with zero attached hydrogens (tertiary/aromatic N) is 1. The van der Waals surface area contributed by atoms with Gasteiger partial charge in [-0.2, -0.15) is 0 Å². The highest BCUT2D eigenvalue weighted by atomic mass is 32.2. The predicted octanol–water partition coefficient (Wildman–Crippen LogP) is 4.27. The van der Waals surface area contributed by atoms with Gasteiger partial charge >= 0.3 is 0 Å². The number of amides is 1. The van der Waals surface area contributed by atoms with Gasteiger partial charge in [0.15, 0.2) is 0 Å². The molecule has 27 heavy (non-hydrogen) atoms. The van der Waals surface area contributed by atoms with E-state index in [2.05, 4.69) is 15.3 Å². The molecule has 0 bridgehead atoms. The van der Waals surface area contributed by atoms with Crippen LogP contribution < -0.4 is 10.9 Å². The summed E-state index contributed by atoms with van der Waals surface area (Å²) >= 11 is 2.79. The molecule has 1 heterocycles. The lowest BCUT2D eigenvalue weighted by Gasteiger charge is -2.10. The van der Waals surface area contributed by atoms with Crippen molar-refractivity contribution in [2.75, 3.05) is 17.8 Å². The van der Waals surface area contributed by atoms with E-state index in [0.29, 0.717) is 16.3 Å². The topological polar surface area (TPSA) is 74.8 Å². The number of halogens is 1. The number of H-pyrrole nitrogens is 1. The smallest absolute Gasteiger partial charge is 0.265 e. The van der Waals surface area contributed by atoms with Gasteiger partial charge in [-0.25, -0.2) is 9.37 Å². The van der Waals surface area contributed by atoms with E-state index in [-0.39, 0.29) is 17.2 Å². The molecule has 5 nitrogen and oxygen atoms in total. The van der Waals surface area contributed by atoms with Gasteiger partial charge in [0.2, 0.25) is 0 Å². The number of aromatic amines is 1. The molecular formula is C19H16FN3O2S2. The molecule has 0 radical (unpaired) electrons. The Labute approximate surface area is 163 Å². The molecule has 0 saturated heterocycles. The van der Waals surface area contributed by atoms with Gasteiger partial charge in [-0.15, -0.1) is 23.5 Å². The second-order valence-electron chi connectivity index (χ2n) is 5.49. The van der Waals surface area contributed by atoms with Crippen molar-refractivity contribution in [2.45, 2.75) is 9.92 Å². The number of nitrogens with one attached hydrogen (secondary N) is 2. The Morgan fingerprint density at radius 2 is 1.70 bits per heavy atom. The molecule has 0 aliphatic rings. The van der Waals surface area contributed by atoms with Crippen LogP contribution in [0.25, 0.3) is 11.4 Å². The van der Waals surface area contributed by atoms with Crippen molar-refractivity contribution >= 4 is 35.1 Å². The van der Waals surface area contributed by atoms with Crippen LogP contribution >= 0.6 is 23.5 Å². The highest BCUT2D eigenvalue weighted by Gasteiger charge is 2.19. The van der Waals surface area contributed by atoms with E-state index in [1.807, 2.05) is 18.4 Å². The Morgan fingerprint density at radius 3 is 2.30 bits per heavy atom. The van der Waals surface area contributed by atoms with Gasteiger partial charge in [-0.05, 0) is 61.0 Å². The summed E-state index contributed by atoms with van der Waals surface area (Å²) in [5.41, 5.74) is 0.546. The molecule has 3 aromatic rings. The lowest BCUT2D eigenvalue weighted by atomic mass is 10.2. The molecule has 1 aromatic heterocycles. The van der Waals surface area contributed by atoms with Crippen molar-refractivity contribution in [3.63, 3.8) is 0 Å². The predicted molar refractivity (Wildman–Crippen MR) is 108 cm³/mol. The molecule has 138 valence electrons. The Hall–Kier alpha value is -2.58. The fourth-order valence-corrected chi connectivity index (χ4v) is 3.39. The van der Waals surface area contributed by atoms with Crippen LogP contribution in [0.5, 0.6) is 0 Å². The van der Waals surface area contributed by atoms with Gasteiger partial charge in [-0.1, -0.05) is 0 Å². The minimum atomic E-state index is -0.549. The number of hydrogen-bond donors (Lipinski definition) is 2. The first-order valence-corrected chi connectivity index (χ1v) is 10.4. The first-order chi connectivity index (χ1) is 13.0. The zero-order valence-electron chi connectivity index (χ0n) is 14.6. The Balaban J connectivity index is 1.93. The van der Waals surface area contributed by atoms with Crippen molar-refractivity contribution in [1.82, 2.24) is 9.97 Å². The van der Waals surface area contributed by atoms with Gasteiger partial charge in [0.25, 0.3) is 11.5 Å². The summed E-state index contributed by atoms with van der Waals surface area (Å²) in [6.07, 6.45) is 3.70. The van der Waals surface area contributed by atoms with Crippen LogP contribution in [0.15, 0.2) is 63.2 Å². The molecule has 0 spiro atoms. The minimum absolute atomic E-state index is 0.0534. The van der Waals surface area contributed by atoms with Crippen LogP contribution in [0.2, 0.25) is 0 Å². The zero-order chi connectivity index (χ0) is 19.4. The summed E-state index contributed by atoms with van der Waals surface area (Å²) < 4.78 is 13.1. The van der Waals surface area contributed by atoms with Gasteiger partial charge in [0.05, 0.1) is 0 Å².